The number of halogens is 2. The van der Waals surface area contributed by atoms with Gasteiger partial charge in [-0.3, -0.25) is 9.13 Å². The molecular formula is C22H24Cl2N2O6P2. The highest BCUT2D eigenvalue weighted by molar-refractivity contribution is 7.51. The van der Waals surface area contributed by atoms with Crippen LogP contribution in [-0.4, -0.2) is 19.6 Å². The zero-order valence-corrected chi connectivity index (χ0v) is 21.5. The Labute approximate surface area is 209 Å². The Bertz CT molecular complexity index is 1330. The van der Waals surface area contributed by atoms with Gasteiger partial charge < -0.3 is 44.4 Å². The van der Waals surface area contributed by atoms with Gasteiger partial charge in [-0.1, -0.05) is 24.3 Å². The Morgan fingerprint density at radius 2 is 0.941 bits per heavy atom. The average molecular weight is 545 g/mol. The summed E-state index contributed by atoms with van der Waals surface area (Å²) in [5, 5.41) is 1.61. The SMILES string of the molecule is CC([n+]1ccc(-c2cc[n+](C(C)P(=O)(O)O)c3ccccc23)c2ccccc21)P(=O)(O)O.[Cl-].[Cl-]. The van der Waals surface area contributed by atoms with Crippen molar-refractivity contribution < 1.29 is 62.7 Å². The lowest BCUT2D eigenvalue weighted by Gasteiger charge is -2.15. The van der Waals surface area contributed by atoms with Gasteiger partial charge in [0.1, 0.15) is 0 Å². The first-order valence-electron chi connectivity index (χ1n) is 9.96. The fraction of sp³-hybridized carbons (Fsp3) is 0.182. The monoisotopic (exact) mass is 544 g/mol. The summed E-state index contributed by atoms with van der Waals surface area (Å²) in [6.07, 6.45) is 3.32. The maximum absolute atomic E-state index is 11.9. The first kappa shape index (κ1) is 28.4. The first-order chi connectivity index (χ1) is 15.0. The van der Waals surface area contributed by atoms with Gasteiger partial charge in [0.2, 0.25) is 11.0 Å². The van der Waals surface area contributed by atoms with E-state index < -0.39 is 26.8 Å². The van der Waals surface area contributed by atoms with Crippen molar-refractivity contribution in [1.82, 2.24) is 0 Å². The van der Waals surface area contributed by atoms with Crippen molar-refractivity contribution in [2.75, 3.05) is 0 Å². The molecule has 0 saturated carbocycles. The Hall–Kier alpha value is -1.86. The second-order valence-corrected chi connectivity index (χ2v) is 11.6. The number of nitrogens with zero attached hydrogens (tertiary/aromatic N) is 2. The third-order valence-electron chi connectivity index (χ3n) is 5.82. The van der Waals surface area contributed by atoms with Crippen LogP contribution in [0.3, 0.4) is 0 Å². The quantitative estimate of drug-likeness (QED) is 0.165. The van der Waals surface area contributed by atoms with Crippen LogP contribution in [0.25, 0.3) is 32.9 Å². The average Bonchev–Trinajstić information content (AvgIpc) is 2.75. The van der Waals surface area contributed by atoms with Crippen LogP contribution in [0.15, 0.2) is 73.1 Å². The van der Waals surface area contributed by atoms with Gasteiger partial charge in [0, 0.05) is 49.2 Å². The van der Waals surface area contributed by atoms with E-state index >= 15 is 0 Å². The maximum Gasteiger partial charge on any atom is 0.392 e. The molecule has 2 heterocycles. The highest BCUT2D eigenvalue weighted by Crippen LogP contribution is 2.47. The second kappa shape index (κ2) is 10.4. The molecule has 4 aromatic rings. The Morgan fingerprint density at radius 1 is 0.618 bits per heavy atom. The summed E-state index contributed by atoms with van der Waals surface area (Å²) in [4.78, 5) is 38.8. The van der Waals surface area contributed by atoms with Crippen LogP contribution in [0.4, 0.5) is 0 Å². The molecule has 4 N–H and O–H groups in total. The molecule has 0 amide bonds. The molecule has 0 fully saturated rings. The second-order valence-electron chi connectivity index (χ2n) is 7.75. The van der Waals surface area contributed by atoms with Crippen LogP contribution < -0.4 is 33.9 Å². The van der Waals surface area contributed by atoms with Crippen molar-refractivity contribution in [2.45, 2.75) is 25.4 Å². The molecule has 8 nitrogen and oxygen atoms in total. The number of aromatic nitrogens is 2. The standard InChI is InChI=1S/C22H22N2O6P2.2ClH/c1-15(31(25,26)27)23-13-11-17(19-7-3-5-9-21(19)23)18-12-14-24(16(2)32(28,29)30)22-10-6-4-8-20(18)22;;/h3-16H,1-2H3,(H2-2,25,26,27,28,29,30);2*1H. The van der Waals surface area contributed by atoms with Gasteiger partial charge in [0.05, 0.1) is 10.8 Å². The zero-order chi connectivity index (χ0) is 23.3. The van der Waals surface area contributed by atoms with E-state index in [0.717, 1.165) is 21.9 Å². The van der Waals surface area contributed by atoms with Crippen molar-refractivity contribution in [3.63, 3.8) is 0 Å². The summed E-state index contributed by atoms with van der Waals surface area (Å²) in [5.41, 5.74) is 3.04. The third kappa shape index (κ3) is 5.20. The number of hydrogen-bond acceptors (Lipinski definition) is 2. The van der Waals surface area contributed by atoms with Crippen LogP contribution in [0.1, 0.15) is 25.4 Å². The Morgan fingerprint density at radius 3 is 1.26 bits per heavy atom. The van der Waals surface area contributed by atoms with E-state index in [1.807, 2.05) is 60.7 Å². The molecule has 4 rings (SSSR count). The molecule has 0 spiro atoms. The van der Waals surface area contributed by atoms with E-state index in [0.29, 0.717) is 11.0 Å². The maximum atomic E-state index is 11.9. The first-order valence-corrected chi connectivity index (χ1v) is 13.3. The summed E-state index contributed by atoms with van der Waals surface area (Å²) in [5.74, 6) is -2.06. The van der Waals surface area contributed by atoms with Crippen LogP contribution >= 0.6 is 15.2 Å². The van der Waals surface area contributed by atoms with Crippen molar-refractivity contribution in [1.29, 1.82) is 0 Å². The number of pyridine rings is 2. The number of para-hydroxylation sites is 2. The molecule has 0 aliphatic heterocycles. The molecule has 0 bridgehead atoms. The van der Waals surface area contributed by atoms with Crippen molar-refractivity contribution in [2.24, 2.45) is 0 Å². The van der Waals surface area contributed by atoms with Crippen molar-refractivity contribution in [3.05, 3.63) is 73.1 Å². The summed E-state index contributed by atoms with van der Waals surface area (Å²) in [6.45, 7) is 2.97. The van der Waals surface area contributed by atoms with Crippen molar-refractivity contribution in [3.8, 4) is 11.1 Å². The van der Waals surface area contributed by atoms with Gasteiger partial charge in [-0.05, 0) is 12.1 Å². The van der Waals surface area contributed by atoms with E-state index in [9.17, 15) is 28.7 Å². The molecule has 12 heteroatoms. The topological polar surface area (TPSA) is 123 Å². The summed E-state index contributed by atoms with van der Waals surface area (Å²) >= 11 is 0. The van der Waals surface area contributed by atoms with Gasteiger partial charge >= 0.3 is 15.2 Å². The minimum Gasteiger partial charge on any atom is -1.00 e. The number of benzene rings is 2. The minimum atomic E-state index is -4.36. The van der Waals surface area contributed by atoms with Crippen LogP contribution in [0, 0.1) is 0 Å². The van der Waals surface area contributed by atoms with Gasteiger partial charge in [0.15, 0.2) is 12.4 Å². The highest BCUT2D eigenvalue weighted by Gasteiger charge is 2.36. The molecule has 0 aliphatic carbocycles. The molecule has 34 heavy (non-hydrogen) atoms. The predicted octanol–water partition coefficient (Wildman–Crippen LogP) is -2.36. The third-order valence-corrected chi connectivity index (χ3v) is 8.26. The fourth-order valence-corrected chi connectivity index (χ4v) is 5.00. The molecule has 2 aromatic carbocycles. The molecule has 0 aliphatic rings. The number of hydrogen-bond donors (Lipinski definition) is 4. The number of rotatable bonds is 5. The minimum absolute atomic E-state index is 0. The van der Waals surface area contributed by atoms with Gasteiger partial charge in [-0.15, -0.1) is 0 Å². The lowest BCUT2D eigenvalue weighted by atomic mass is 9.97. The lowest BCUT2D eigenvalue weighted by Crippen LogP contribution is -3.00. The predicted molar refractivity (Wildman–Crippen MR) is 121 cm³/mol. The normalized spacial score (nSPS) is 13.7. The molecule has 0 saturated heterocycles. The Kier molecular flexibility index (Phi) is 8.68. The molecule has 0 radical (unpaired) electrons. The lowest BCUT2D eigenvalue weighted by molar-refractivity contribution is -0.675. The van der Waals surface area contributed by atoms with Gasteiger partial charge in [0.25, 0.3) is 11.6 Å². The van der Waals surface area contributed by atoms with Gasteiger partial charge in [-0.25, -0.2) is 0 Å². The number of fused-ring (bicyclic) bond motifs is 2. The van der Waals surface area contributed by atoms with E-state index in [-0.39, 0.29) is 24.8 Å². The fourth-order valence-electron chi connectivity index (χ4n) is 3.95. The summed E-state index contributed by atoms with van der Waals surface area (Å²) < 4.78 is 26.9. The molecular weight excluding hydrogens is 521 g/mol. The summed E-state index contributed by atoms with van der Waals surface area (Å²) in [7, 11) is -8.71. The molecule has 182 valence electrons. The summed E-state index contributed by atoms with van der Waals surface area (Å²) in [6, 6.07) is 18.4. The van der Waals surface area contributed by atoms with Crippen molar-refractivity contribution >= 4 is 37.0 Å². The van der Waals surface area contributed by atoms with Crippen LogP contribution in [0.5, 0.6) is 0 Å². The van der Waals surface area contributed by atoms with Gasteiger partial charge in [-0.2, -0.15) is 9.13 Å². The zero-order valence-electron chi connectivity index (χ0n) is 18.2. The van der Waals surface area contributed by atoms with E-state index in [1.165, 1.54) is 13.8 Å². The highest BCUT2D eigenvalue weighted by atomic mass is 35.5. The molecule has 2 atom stereocenters. The van der Waals surface area contributed by atoms with E-state index in [4.69, 9.17) is 0 Å². The molecule has 2 unspecified atom stereocenters. The smallest absolute Gasteiger partial charge is 0.392 e. The largest absolute Gasteiger partial charge is 1.00 e. The van der Waals surface area contributed by atoms with Crippen LogP contribution in [-0.2, 0) is 9.13 Å². The molecule has 2 aromatic heterocycles. The van der Waals surface area contributed by atoms with E-state index in [2.05, 4.69) is 0 Å². The Balaban J connectivity index is 0.00000204. The van der Waals surface area contributed by atoms with Crippen LogP contribution in [0.2, 0.25) is 0 Å². The van der Waals surface area contributed by atoms with E-state index in [1.54, 1.807) is 21.5 Å².